The summed E-state index contributed by atoms with van der Waals surface area (Å²) in [5.41, 5.74) is 0.353. The van der Waals surface area contributed by atoms with E-state index in [1.807, 2.05) is 0 Å². The van der Waals surface area contributed by atoms with Crippen LogP contribution in [0.4, 0.5) is 12.3 Å². The molecule has 1 rings (SSSR count). The minimum Gasteiger partial charge on any atom is -0.294 e. The average Bonchev–Trinajstić information content (AvgIpc) is 2.14. The van der Waals surface area contributed by atoms with Crippen LogP contribution in [0.2, 0.25) is 6.04 Å². The van der Waals surface area contributed by atoms with E-state index in [1.54, 1.807) is 18.2 Å². The number of hydrogen-bond donors (Lipinski definition) is 0. The Morgan fingerprint density at radius 2 is 1.71 bits per heavy atom. The zero-order valence-electron chi connectivity index (χ0n) is 7.34. The second-order valence-corrected chi connectivity index (χ2v) is 4.63. The van der Waals surface area contributed by atoms with Gasteiger partial charge in [0.1, 0.15) is 0 Å². The van der Waals surface area contributed by atoms with Crippen LogP contribution >= 0.6 is 0 Å². The Kier molecular flexibility index (Phi) is 3.46. The minimum absolute atomic E-state index is 0.353. The third-order valence-corrected chi connectivity index (χ3v) is 2.55. The van der Waals surface area contributed by atoms with E-state index < -0.39 is 27.3 Å². The molecule has 0 fully saturated rings. The van der Waals surface area contributed by atoms with E-state index in [4.69, 9.17) is 0 Å². The molecule has 0 aromatic heterocycles. The summed E-state index contributed by atoms with van der Waals surface area (Å²) in [6, 6.07) is 7.13. The fourth-order valence-electron chi connectivity index (χ4n) is 1.02. The first-order chi connectivity index (χ1) is 6.49. The van der Waals surface area contributed by atoms with E-state index >= 15 is 0 Å². The molecule has 0 amide bonds. The monoisotopic (exact) mass is 218 g/mol. The third kappa shape index (κ3) is 3.74. The van der Waals surface area contributed by atoms with Gasteiger partial charge in [0.2, 0.25) is 0 Å². The van der Waals surface area contributed by atoms with E-state index in [0.717, 1.165) is 0 Å². The second-order valence-electron chi connectivity index (χ2n) is 2.90. The van der Waals surface area contributed by atoms with Gasteiger partial charge in [-0.05, 0) is 0 Å². The molecule has 0 atom stereocenters. The van der Waals surface area contributed by atoms with Crippen LogP contribution in [0.3, 0.4) is 0 Å². The van der Waals surface area contributed by atoms with Crippen molar-refractivity contribution < 1.29 is 17.1 Å². The number of Topliss-reactive ketones (excluding diaryl/α,β-unsaturated/α-hetero) is 1. The van der Waals surface area contributed by atoms with Crippen molar-refractivity contribution >= 4 is 14.9 Å². The van der Waals surface area contributed by atoms with Gasteiger partial charge in [0.05, 0.1) is 0 Å². The van der Waals surface area contributed by atoms with Gasteiger partial charge < -0.3 is 0 Å². The maximum absolute atomic E-state index is 11.9. The lowest BCUT2D eigenvalue weighted by Gasteiger charge is -2.01. The molecule has 0 bridgehead atoms. The van der Waals surface area contributed by atoms with E-state index in [9.17, 15) is 17.1 Å². The van der Waals surface area contributed by atoms with Crippen molar-refractivity contribution in [3.05, 3.63) is 35.9 Å². The Morgan fingerprint density at radius 1 is 1.14 bits per heavy atom. The number of carbonyl (C=O) groups excluding carboxylic acids is 1. The fraction of sp³-hybridized carbons (Fsp3) is 0.222. The van der Waals surface area contributed by atoms with E-state index in [1.165, 1.54) is 12.1 Å². The molecule has 5 heteroatoms. The minimum atomic E-state index is -5.57. The van der Waals surface area contributed by atoms with Crippen molar-refractivity contribution in [2.75, 3.05) is 0 Å². The summed E-state index contributed by atoms with van der Waals surface area (Å²) in [5, 5.41) is 0. The van der Waals surface area contributed by atoms with Crippen LogP contribution in [-0.2, 0) is 0 Å². The average molecular weight is 218 g/mol. The van der Waals surface area contributed by atoms with Crippen molar-refractivity contribution in [1.29, 1.82) is 0 Å². The summed E-state index contributed by atoms with van der Waals surface area (Å²) >= 11 is 0. The maximum atomic E-state index is 11.9. The quantitative estimate of drug-likeness (QED) is 0.431. The SMILES string of the molecule is O=C(CC[Si](F)(F)F)c1ccccc1. The van der Waals surface area contributed by atoms with Crippen LogP contribution in [0, 0.1) is 0 Å². The fourth-order valence-corrected chi connectivity index (χ4v) is 1.53. The molecule has 0 saturated heterocycles. The maximum Gasteiger partial charge on any atom is 0.616 e. The third-order valence-electron chi connectivity index (χ3n) is 1.73. The van der Waals surface area contributed by atoms with Gasteiger partial charge in [-0.25, -0.2) is 12.3 Å². The topological polar surface area (TPSA) is 17.1 Å². The molecule has 76 valence electrons. The lowest BCUT2D eigenvalue weighted by Crippen LogP contribution is -2.16. The number of carbonyl (C=O) groups is 1. The van der Waals surface area contributed by atoms with Gasteiger partial charge in [-0.3, -0.25) is 4.79 Å². The second kappa shape index (κ2) is 4.41. The van der Waals surface area contributed by atoms with Crippen LogP contribution in [0.5, 0.6) is 0 Å². The molecule has 0 aliphatic rings. The number of benzene rings is 1. The summed E-state index contributed by atoms with van der Waals surface area (Å²) in [6.45, 7) is 0. The highest BCUT2D eigenvalue weighted by Gasteiger charge is 2.36. The number of halogens is 3. The molecule has 0 radical (unpaired) electrons. The molecule has 1 aromatic rings. The van der Waals surface area contributed by atoms with Crippen LogP contribution in [0.15, 0.2) is 30.3 Å². The molecule has 14 heavy (non-hydrogen) atoms. The molecule has 1 aromatic carbocycles. The lowest BCUT2D eigenvalue weighted by atomic mass is 10.1. The Hall–Kier alpha value is -1.10. The molecular formula is C9H9F3OSi. The molecular weight excluding hydrogens is 209 g/mol. The summed E-state index contributed by atoms with van der Waals surface area (Å²) in [7, 11) is -5.57. The first kappa shape index (κ1) is 11.0. The highest BCUT2D eigenvalue weighted by Crippen LogP contribution is 2.18. The van der Waals surface area contributed by atoms with Crippen LogP contribution in [0.25, 0.3) is 0 Å². The predicted molar refractivity (Wildman–Crippen MR) is 49.3 cm³/mol. The van der Waals surface area contributed by atoms with Crippen molar-refractivity contribution in [3.8, 4) is 0 Å². The normalized spacial score (nSPS) is 11.4. The molecule has 0 heterocycles. The zero-order valence-corrected chi connectivity index (χ0v) is 8.34. The smallest absolute Gasteiger partial charge is 0.294 e. The summed E-state index contributed by atoms with van der Waals surface area (Å²) in [6.07, 6.45) is -0.417. The van der Waals surface area contributed by atoms with E-state index in [0.29, 0.717) is 5.56 Å². The summed E-state index contributed by atoms with van der Waals surface area (Å²) in [4.78, 5) is 11.2. The van der Waals surface area contributed by atoms with E-state index in [-0.39, 0.29) is 0 Å². The molecule has 0 N–H and O–H groups in total. The van der Waals surface area contributed by atoms with Crippen molar-refractivity contribution in [3.63, 3.8) is 0 Å². The Labute approximate surface area is 81.1 Å². The van der Waals surface area contributed by atoms with Crippen molar-refractivity contribution in [2.24, 2.45) is 0 Å². The van der Waals surface area contributed by atoms with Crippen LogP contribution in [-0.4, -0.2) is 14.9 Å². The lowest BCUT2D eigenvalue weighted by molar-refractivity contribution is 0.0985. The largest absolute Gasteiger partial charge is 0.616 e. The standard InChI is InChI=1S/C9H9F3OSi/c10-14(11,12)7-6-9(13)8-4-2-1-3-5-8/h1-5H,6-7H2. The van der Waals surface area contributed by atoms with Gasteiger partial charge in [-0.2, -0.15) is 0 Å². The highest BCUT2D eigenvalue weighted by atomic mass is 28.5. The van der Waals surface area contributed by atoms with Gasteiger partial charge >= 0.3 is 9.08 Å². The van der Waals surface area contributed by atoms with Gasteiger partial charge in [0, 0.05) is 18.0 Å². The number of rotatable bonds is 4. The summed E-state index contributed by atoms with van der Waals surface area (Å²) < 4.78 is 35.8. The van der Waals surface area contributed by atoms with Gasteiger partial charge in [0.25, 0.3) is 0 Å². The molecule has 0 aliphatic heterocycles. The van der Waals surface area contributed by atoms with Crippen LogP contribution < -0.4 is 0 Å². The zero-order chi connectivity index (χ0) is 10.6. The Balaban J connectivity index is 2.52. The van der Waals surface area contributed by atoms with Gasteiger partial charge in [0.15, 0.2) is 5.78 Å². The molecule has 0 unspecified atom stereocenters. The number of hydrogen-bond acceptors (Lipinski definition) is 1. The molecule has 0 aliphatic carbocycles. The highest BCUT2D eigenvalue weighted by molar-refractivity contribution is 6.58. The predicted octanol–water partition coefficient (Wildman–Crippen LogP) is 3.11. The Morgan fingerprint density at radius 3 is 2.21 bits per heavy atom. The molecule has 1 nitrogen and oxygen atoms in total. The van der Waals surface area contributed by atoms with Crippen molar-refractivity contribution in [1.82, 2.24) is 0 Å². The first-order valence-electron chi connectivity index (χ1n) is 4.14. The first-order valence-corrected chi connectivity index (χ1v) is 5.98. The number of ketones is 1. The molecule has 0 saturated carbocycles. The van der Waals surface area contributed by atoms with E-state index in [2.05, 4.69) is 0 Å². The molecule has 0 spiro atoms. The van der Waals surface area contributed by atoms with Crippen LogP contribution in [0.1, 0.15) is 16.8 Å². The van der Waals surface area contributed by atoms with Gasteiger partial charge in [-0.15, -0.1) is 0 Å². The van der Waals surface area contributed by atoms with Gasteiger partial charge in [-0.1, -0.05) is 30.3 Å². The summed E-state index contributed by atoms with van der Waals surface area (Å²) in [5.74, 6) is -0.435. The van der Waals surface area contributed by atoms with Crippen molar-refractivity contribution in [2.45, 2.75) is 12.5 Å². The Bertz CT molecular complexity index is 308.